The van der Waals surface area contributed by atoms with Gasteiger partial charge in [0.1, 0.15) is 12.9 Å². The van der Waals surface area contributed by atoms with Crippen LogP contribution in [0.2, 0.25) is 18.1 Å². The summed E-state index contributed by atoms with van der Waals surface area (Å²) in [5.41, 5.74) is -0.0176. The van der Waals surface area contributed by atoms with E-state index in [0.717, 1.165) is 41.8 Å². The molecule has 8 nitrogen and oxygen atoms in total. The molecular formula is C26H34F4N6O2Si. The smallest absolute Gasteiger partial charge is 0.413 e. The van der Waals surface area contributed by atoms with E-state index < -0.39 is 38.5 Å². The molecule has 1 fully saturated rings. The predicted octanol–water partition coefficient (Wildman–Crippen LogP) is 6.23. The van der Waals surface area contributed by atoms with Crippen molar-refractivity contribution in [3.05, 3.63) is 53.8 Å². The zero-order valence-electron chi connectivity index (χ0n) is 22.9. The second-order valence-corrected chi connectivity index (χ2v) is 16.3. The van der Waals surface area contributed by atoms with Crippen molar-refractivity contribution in [2.75, 3.05) is 5.32 Å². The SMILES string of the molecule is Cc1cc(C(F)(F)F)nn1CC(=O)Nc1cnc(-n2cnc(C3CCCC3O[Si](C)(C)C(C)(C)C)c2)c(F)c1. The highest BCUT2D eigenvalue weighted by atomic mass is 28.4. The number of anilines is 1. The molecule has 2 unspecified atom stereocenters. The Labute approximate surface area is 225 Å². The molecule has 13 heteroatoms. The monoisotopic (exact) mass is 566 g/mol. The summed E-state index contributed by atoms with van der Waals surface area (Å²) in [6.45, 7) is 12.0. The molecule has 0 spiro atoms. The van der Waals surface area contributed by atoms with Gasteiger partial charge in [0.05, 0.1) is 23.7 Å². The van der Waals surface area contributed by atoms with E-state index >= 15 is 4.39 Å². The summed E-state index contributed by atoms with van der Waals surface area (Å²) in [6, 6.07) is 1.96. The third kappa shape index (κ3) is 6.40. The Kier molecular flexibility index (Phi) is 7.78. The van der Waals surface area contributed by atoms with E-state index in [1.54, 1.807) is 6.20 Å². The van der Waals surface area contributed by atoms with Gasteiger partial charge in [0, 0.05) is 23.9 Å². The standard InChI is InChI=1S/C26H34F4N6O2Si/c1-16-10-22(26(28,29)30)34-36(16)14-23(37)33-17-11-19(27)24(31-12-17)35-13-20(32-15-35)18-8-7-9-21(18)38-39(5,6)25(2,3)4/h10-13,15,18,21H,7-9,14H2,1-6H3,(H,33,37). The van der Waals surface area contributed by atoms with Crippen molar-refractivity contribution in [3.63, 3.8) is 0 Å². The summed E-state index contributed by atoms with van der Waals surface area (Å²) < 4.78 is 62.7. The third-order valence-corrected chi connectivity index (χ3v) is 12.1. The molecule has 0 aromatic carbocycles. The Morgan fingerprint density at radius 2 is 1.90 bits per heavy atom. The molecule has 2 atom stereocenters. The number of aryl methyl sites for hydroxylation is 1. The van der Waals surface area contributed by atoms with Gasteiger partial charge in [-0.2, -0.15) is 18.3 Å². The first-order valence-electron chi connectivity index (χ1n) is 12.8. The molecule has 39 heavy (non-hydrogen) atoms. The lowest BCUT2D eigenvalue weighted by atomic mass is 10.0. The Hall–Kier alpha value is -3.06. The number of halogens is 4. The van der Waals surface area contributed by atoms with Crippen LogP contribution in [0.4, 0.5) is 23.2 Å². The number of imidazole rings is 1. The number of carbonyl (C=O) groups is 1. The lowest BCUT2D eigenvalue weighted by Gasteiger charge is -2.39. The molecule has 0 radical (unpaired) electrons. The van der Waals surface area contributed by atoms with Crippen molar-refractivity contribution < 1.29 is 26.8 Å². The second-order valence-electron chi connectivity index (χ2n) is 11.6. The number of amides is 1. The Morgan fingerprint density at radius 1 is 1.18 bits per heavy atom. The minimum absolute atomic E-state index is 0.0179. The van der Waals surface area contributed by atoms with E-state index in [-0.39, 0.29) is 34.3 Å². The average molecular weight is 567 g/mol. The summed E-state index contributed by atoms with van der Waals surface area (Å²) >= 11 is 0. The van der Waals surface area contributed by atoms with Crippen molar-refractivity contribution in [3.8, 4) is 5.82 Å². The van der Waals surface area contributed by atoms with Gasteiger partial charge in [-0.05, 0) is 44.0 Å². The highest BCUT2D eigenvalue weighted by Gasteiger charge is 2.42. The molecule has 1 aliphatic carbocycles. The maximum Gasteiger partial charge on any atom is 0.435 e. The zero-order valence-corrected chi connectivity index (χ0v) is 23.9. The van der Waals surface area contributed by atoms with Gasteiger partial charge in [-0.15, -0.1) is 0 Å². The molecule has 3 aromatic rings. The van der Waals surface area contributed by atoms with E-state index in [2.05, 4.69) is 54.2 Å². The van der Waals surface area contributed by atoms with Crippen molar-refractivity contribution >= 4 is 19.9 Å². The van der Waals surface area contributed by atoms with E-state index in [1.807, 2.05) is 0 Å². The maximum absolute atomic E-state index is 15.0. The number of aromatic nitrogens is 5. The highest BCUT2D eigenvalue weighted by Crippen LogP contribution is 2.43. The van der Waals surface area contributed by atoms with Crippen LogP contribution in [0.3, 0.4) is 0 Å². The summed E-state index contributed by atoms with van der Waals surface area (Å²) in [6.07, 6.45) is 2.95. The van der Waals surface area contributed by atoms with Gasteiger partial charge in [-0.3, -0.25) is 14.0 Å². The number of hydrogen-bond donors (Lipinski definition) is 1. The molecule has 3 heterocycles. The molecule has 1 saturated carbocycles. The summed E-state index contributed by atoms with van der Waals surface area (Å²) in [5.74, 6) is -1.22. The molecule has 1 N–H and O–H groups in total. The number of nitrogens with one attached hydrogen (secondary N) is 1. The van der Waals surface area contributed by atoms with Crippen LogP contribution in [0.1, 0.15) is 63.0 Å². The van der Waals surface area contributed by atoms with Crippen LogP contribution in [0, 0.1) is 12.7 Å². The molecule has 0 saturated heterocycles. The van der Waals surface area contributed by atoms with Gasteiger partial charge in [0.2, 0.25) is 5.91 Å². The van der Waals surface area contributed by atoms with Gasteiger partial charge < -0.3 is 9.74 Å². The quantitative estimate of drug-likeness (QED) is 0.271. The fourth-order valence-electron chi connectivity index (χ4n) is 4.44. The summed E-state index contributed by atoms with van der Waals surface area (Å²) in [5, 5.41) is 5.97. The zero-order chi connectivity index (χ0) is 28.8. The number of carbonyl (C=O) groups excluding carboxylic acids is 1. The molecule has 1 amide bonds. The number of rotatable bonds is 7. The minimum Gasteiger partial charge on any atom is -0.413 e. The average Bonchev–Trinajstić information content (AvgIpc) is 3.53. The first-order valence-corrected chi connectivity index (χ1v) is 15.7. The lowest BCUT2D eigenvalue weighted by molar-refractivity contribution is -0.141. The molecule has 0 aliphatic heterocycles. The molecule has 212 valence electrons. The van der Waals surface area contributed by atoms with E-state index in [9.17, 15) is 18.0 Å². The molecule has 3 aromatic heterocycles. The maximum atomic E-state index is 15.0. The van der Waals surface area contributed by atoms with Crippen LogP contribution >= 0.6 is 0 Å². The first-order chi connectivity index (χ1) is 18.0. The number of alkyl halides is 3. The van der Waals surface area contributed by atoms with Gasteiger partial charge in [0.15, 0.2) is 25.6 Å². The Bertz CT molecular complexity index is 1340. The molecule has 4 rings (SSSR count). The van der Waals surface area contributed by atoms with Crippen LogP contribution in [-0.2, 0) is 21.9 Å². The Morgan fingerprint density at radius 3 is 2.51 bits per heavy atom. The van der Waals surface area contributed by atoms with Crippen molar-refractivity contribution in [1.29, 1.82) is 0 Å². The summed E-state index contributed by atoms with van der Waals surface area (Å²) in [7, 11) is -1.96. The highest BCUT2D eigenvalue weighted by molar-refractivity contribution is 6.74. The van der Waals surface area contributed by atoms with E-state index in [1.165, 1.54) is 24.0 Å². The van der Waals surface area contributed by atoms with Crippen LogP contribution < -0.4 is 5.32 Å². The largest absolute Gasteiger partial charge is 0.435 e. The molecule has 1 aliphatic rings. The van der Waals surface area contributed by atoms with Gasteiger partial charge in [-0.25, -0.2) is 14.4 Å². The number of pyridine rings is 1. The van der Waals surface area contributed by atoms with Crippen LogP contribution in [0.25, 0.3) is 5.82 Å². The van der Waals surface area contributed by atoms with Crippen molar-refractivity contribution in [1.82, 2.24) is 24.3 Å². The van der Waals surface area contributed by atoms with Gasteiger partial charge in [0.25, 0.3) is 0 Å². The van der Waals surface area contributed by atoms with Crippen molar-refractivity contribution in [2.45, 2.75) is 89.8 Å². The van der Waals surface area contributed by atoms with E-state index in [0.29, 0.717) is 0 Å². The Balaban J connectivity index is 1.44. The fourth-order valence-corrected chi connectivity index (χ4v) is 5.83. The van der Waals surface area contributed by atoms with Gasteiger partial charge in [-0.1, -0.05) is 27.2 Å². The number of nitrogens with zero attached hydrogens (tertiary/aromatic N) is 5. The predicted molar refractivity (Wildman–Crippen MR) is 141 cm³/mol. The normalized spacial score (nSPS) is 18.5. The minimum atomic E-state index is -4.61. The third-order valence-electron chi connectivity index (χ3n) is 7.60. The topological polar surface area (TPSA) is 86.9 Å². The fraction of sp³-hybridized carbons (Fsp3) is 0.538. The van der Waals surface area contributed by atoms with Crippen LogP contribution in [0.15, 0.2) is 30.9 Å². The second kappa shape index (κ2) is 10.5. The number of hydrogen-bond acceptors (Lipinski definition) is 5. The summed E-state index contributed by atoms with van der Waals surface area (Å²) in [4.78, 5) is 21.1. The molecule has 0 bridgehead atoms. The molecular weight excluding hydrogens is 532 g/mol. The van der Waals surface area contributed by atoms with E-state index in [4.69, 9.17) is 4.43 Å². The van der Waals surface area contributed by atoms with Crippen LogP contribution in [0.5, 0.6) is 0 Å². The first kappa shape index (κ1) is 28.9. The lowest BCUT2D eigenvalue weighted by Crippen LogP contribution is -2.44. The van der Waals surface area contributed by atoms with Gasteiger partial charge >= 0.3 is 6.18 Å². The van der Waals surface area contributed by atoms with Crippen molar-refractivity contribution in [2.24, 2.45) is 0 Å². The van der Waals surface area contributed by atoms with Crippen LogP contribution in [-0.4, -0.2) is 44.6 Å².